The molecule has 6 rings (SSSR count). The van der Waals surface area contributed by atoms with E-state index in [1.54, 1.807) is 17.4 Å². The summed E-state index contributed by atoms with van der Waals surface area (Å²) in [6.45, 7) is 0.204. The number of aromatic amines is 1. The highest BCUT2D eigenvalue weighted by Gasteiger charge is 2.18. The minimum absolute atomic E-state index is 0.204. The first-order chi connectivity index (χ1) is 15.2. The number of fused-ring (bicyclic) bond motifs is 2. The summed E-state index contributed by atoms with van der Waals surface area (Å²) in [6, 6.07) is 11.1. The van der Waals surface area contributed by atoms with E-state index in [4.69, 9.17) is 14.0 Å². The third kappa shape index (κ3) is 3.25. The average molecular weight is 452 g/mol. The Kier molecular flexibility index (Phi) is 4.25. The van der Waals surface area contributed by atoms with Gasteiger partial charge in [-0.1, -0.05) is 23.0 Å². The summed E-state index contributed by atoms with van der Waals surface area (Å²) < 4.78 is 17.6. The Morgan fingerprint density at radius 1 is 1.19 bits per heavy atom. The van der Waals surface area contributed by atoms with E-state index in [1.165, 1.54) is 16.3 Å². The first-order valence-electron chi connectivity index (χ1n) is 9.12. The zero-order chi connectivity index (χ0) is 20.8. The monoisotopic (exact) mass is 452 g/mol. The standard InChI is InChI=1S/C19H12N6O4S2/c26-18-12-7-11(15-2-1-5-30-15)23-25(12)19(22-21-18)31-8-16-20-17(24-29-16)10-3-4-13-14(6-10)28-9-27-13/h1-7H,8-9H2,(H,21,26). The molecule has 154 valence electrons. The van der Waals surface area contributed by atoms with Gasteiger partial charge in [-0.05, 0) is 35.7 Å². The third-order valence-corrected chi connectivity index (χ3v) is 6.38. The summed E-state index contributed by atoms with van der Waals surface area (Å²) >= 11 is 2.89. The second-order valence-corrected chi connectivity index (χ2v) is 8.40. The van der Waals surface area contributed by atoms with Gasteiger partial charge in [-0.3, -0.25) is 4.79 Å². The molecule has 0 radical (unpaired) electrons. The topological polar surface area (TPSA) is 120 Å². The van der Waals surface area contributed by atoms with Crippen LogP contribution in [0.1, 0.15) is 5.89 Å². The number of hydrogen-bond acceptors (Lipinski definition) is 10. The van der Waals surface area contributed by atoms with E-state index in [1.807, 2.05) is 35.7 Å². The molecule has 12 heteroatoms. The van der Waals surface area contributed by atoms with Gasteiger partial charge in [-0.15, -0.1) is 16.4 Å². The fourth-order valence-corrected chi connectivity index (χ4v) is 4.55. The molecule has 0 spiro atoms. The zero-order valence-corrected chi connectivity index (χ0v) is 17.3. The second-order valence-electron chi connectivity index (χ2n) is 6.51. The summed E-state index contributed by atoms with van der Waals surface area (Å²) in [5.41, 5.74) is 1.61. The van der Waals surface area contributed by atoms with Gasteiger partial charge in [-0.25, -0.2) is 9.61 Å². The highest BCUT2D eigenvalue weighted by atomic mass is 32.2. The molecule has 0 aliphatic carbocycles. The summed E-state index contributed by atoms with van der Waals surface area (Å²) in [5, 5.41) is 17.7. The second kappa shape index (κ2) is 7.25. The van der Waals surface area contributed by atoms with Crippen molar-refractivity contribution in [2.75, 3.05) is 6.79 Å². The van der Waals surface area contributed by atoms with Gasteiger partial charge >= 0.3 is 0 Å². The largest absolute Gasteiger partial charge is 0.454 e. The number of nitrogens with zero attached hydrogens (tertiary/aromatic N) is 5. The lowest BCUT2D eigenvalue weighted by Crippen LogP contribution is -2.13. The Labute approximate surface area is 181 Å². The van der Waals surface area contributed by atoms with Crippen molar-refractivity contribution in [3.63, 3.8) is 0 Å². The van der Waals surface area contributed by atoms with E-state index in [-0.39, 0.29) is 12.4 Å². The van der Waals surface area contributed by atoms with Crippen LogP contribution in [0, 0.1) is 0 Å². The van der Waals surface area contributed by atoms with Gasteiger partial charge in [0.2, 0.25) is 23.7 Å². The molecule has 0 fully saturated rings. The number of hydrogen-bond donors (Lipinski definition) is 1. The van der Waals surface area contributed by atoms with Crippen LogP contribution >= 0.6 is 23.1 Å². The van der Waals surface area contributed by atoms with E-state index < -0.39 is 0 Å². The van der Waals surface area contributed by atoms with E-state index in [9.17, 15) is 4.79 Å². The van der Waals surface area contributed by atoms with Gasteiger partial charge in [0.1, 0.15) is 11.2 Å². The number of thiophene rings is 1. The Balaban J connectivity index is 1.25. The average Bonchev–Trinajstić information content (AvgIpc) is 3.59. The smallest absolute Gasteiger partial charge is 0.290 e. The number of ether oxygens (including phenoxy) is 2. The molecule has 0 atom stereocenters. The molecule has 5 aromatic rings. The summed E-state index contributed by atoms with van der Waals surface area (Å²) in [6.07, 6.45) is 0. The predicted octanol–water partition coefficient (Wildman–Crippen LogP) is 3.22. The highest BCUT2D eigenvalue weighted by Crippen LogP contribution is 2.35. The molecule has 0 saturated carbocycles. The van der Waals surface area contributed by atoms with Crippen LogP contribution in [0.5, 0.6) is 11.5 Å². The molecule has 5 heterocycles. The molecule has 4 aromatic heterocycles. The highest BCUT2D eigenvalue weighted by molar-refractivity contribution is 7.98. The number of aromatic nitrogens is 6. The van der Waals surface area contributed by atoms with Crippen LogP contribution in [0.4, 0.5) is 0 Å². The van der Waals surface area contributed by atoms with Crippen LogP contribution in [0.15, 0.2) is 56.3 Å². The van der Waals surface area contributed by atoms with Crippen molar-refractivity contribution >= 4 is 28.6 Å². The molecule has 0 saturated heterocycles. The van der Waals surface area contributed by atoms with E-state index >= 15 is 0 Å². The molecule has 1 aliphatic heterocycles. The predicted molar refractivity (Wildman–Crippen MR) is 112 cm³/mol. The van der Waals surface area contributed by atoms with E-state index in [0.29, 0.717) is 39.6 Å². The molecule has 0 amide bonds. The van der Waals surface area contributed by atoms with Gasteiger partial charge in [-0.2, -0.15) is 10.1 Å². The number of H-pyrrole nitrogens is 1. The minimum Gasteiger partial charge on any atom is -0.454 e. The summed E-state index contributed by atoms with van der Waals surface area (Å²) in [7, 11) is 0. The van der Waals surface area contributed by atoms with Crippen LogP contribution in [0.3, 0.4) is 0 Å². The SMILES string of the molecule is O=c1[nH]nc(SCc2nc(-c3ccc4c(c3)OCO4)no2)n2nc(-c3cccs3)cc12. The summed E-state index contributed by atoms with van der Waals surface area (Å²) in [5.74, 6) is 2.58. The lowest BCUT2D eigenvalue weighted by Gasteiger charge is -2.00. The molecule has 1 aliphatic rings. The summed E-state index contributed by atoms with van der Waals surface area (Å²) in [4.78, 5) is 17.6. The Morgan fingerprint density at radius 2 is 2.13 bits per heavy atom. The molecule has 1 aromatic carbocycles. The third-order valence-electron chi connectivity index (χ3n) is 4.57. The molecule has 0 unspecified atom stereocenters. The van der Waals surface area contributed by atoms with Gasteiger partial charge in [0.25, 0.3) is 5.56 Å². The van der Waals surface area contributed by atoms with Crippen molar-refractivity contribution in [2.45, 2.75) is 10.9 Å². The lowest BCUT2D eigenvalue weighted by atomic mass is 10.2. The Morgan fingerprint density at radius 3 is 3.03 bits per heavy atom. The first-order valence-corrected chi connectivity index (χ1v) is 11.0. The molecule has 1 N–H and O–H groups in total. The van der Waals surface area contributed by atoms with E-state index in [0.717, 1.165) is 16.1 Å². The van der Waals surface area contributed by atoms with Gasteiger partial charge < -0.3 is 14.0 Å². The fraction of sp³-hybridized carbons (Fsp3) is 0.105. The van der Waals surface area contributed by atoms with Crippen LogP contribution in [0.25, 0.3) is 27.5 Å². The maximum Gasteiger partial charge on any atom is 0.290 e. The van der Waals surface area contributed by atoms with E-state index in [2.05, 4.69) is 25.4 Å². The van der Waals surface area contributed by atoms with Crippen molar-refractivity contribution < 1.29 is 14.0 Å². The van der Waals surface area contributed by atoms with Crippen LogP contribution in [-0.4, -0.2) is 36.7 Å². The Bertz CT molecular complexity index is 1460. The van der Waals surface area contributed by atoms with Gasteiger partial charge in [0.15, 0.2) is 11.5 Å². The Hall–Kier alpha value is -3.64. The molecular formula is C19H12N6O4S2. The van der Waals surface area contributed by atoms with Crippen molar-refractivity contribution in [1.82, 2.24) is 30.0 Å². The lowest BCUT2D eigenvalue weighted by molar-refractivity contribution is 0.174. The van der Waals surface area contributed by atoms with Crippen LogP contribution < -0.4 is 15.0 Å². The van der Waals surface area contributed by atoms with Crippen LogP contribution in [-0.2, 0) is 5.75 Å². The number of nitrogens with one attached hydrogen (secondary N) is 1. The molecular weight excluding hydrogens is 440 g/mol. The maximum absolute atomic E-state index is 12.2. The fourth-order valence-electron chi connectivity index (χ4n) is 3.12. The zero-order valence-electron chi connectivity index (χ0n) is 15.6. The maximum atomic E-state index is 12.2. The first kappa shape index (κ1) is 18.2. The minimum atomic E-state index is -0.303. The van der Waals surface area contributed by atoms with Gasteiger partial charge in [0, 0.05) is 5.56 Å². The van der Waals surface area contributed by atoms with Gasteiger partial charge in [0.05, 0.1) is 10.6 Å². The van der Waals surface area contributed by atoms with Crippen molar-refractivity contribution in [1.29, 1.82) is 0 Å². The molecule has 0 bridgehead atoms. The number of thioether (sulfide) groups is 1. The van der Waals surface area contributed by atoms with Crippen molar-refractivity contribution in [2.24, 2.45) is 0 Å². The normalized spacial score (nSPS) is 12.6. The quantitative estimate of drug-likeness (QED) is 0.401. The van der Waals surface area contributed by atoms with Crippen LogP contribution in [0.2, 0.25) is 0 Å². The number of benzene rings is 1. The van der Waals surface area contributed by atoms with Crippen molar-refractivity contribution in [3.8, 4) is 33.5 Å². The number of rotatable bonds is 5. The molecule has 10 nitrogen and oxygen atoms in total. The molecule has 31 heavy (non-hydrogen) atoms. The van der Waals surface area contributed by atoms with Crippen molar-refractivity contribution in [3.05, 3.63) is 58.0 Å².